The Labute approximate surface area is 111 Å². The predicted octanol–water partition coefficient (Wildman–Crippen LogP) is 1.11. The summed E-state index contributed by atoms with van der Waals surface area (Å²) < 4.78 is 0. The van der Waals surface area contributed by atoms with Crippen molar-refractivity contribution in [1.29, 1.82) is 0 Å². The number of nitrogens with zero attached hydrogens (tertiary/aromatic N) is 1. The van der Waals surface area contributed by atoms with Crippen LogP contribution < -0.4 is 5.32 Å². The van der Waals surface area contributed by atoms with E-state index >= 15 is 0 Å². The van der Waals surface area contributed by atoms with E-state index < -0.39 is 11.9 Å². The first-order chi connectivity index (χ1) is 8.81. The summed E-state index contributed by atoms with van der Waals surface area (Å²) >= 11 is 0. The van der Waals surface area contributed by atoms with Gasteiger partial charge in [0.25, 0.3) is 0 Å². The van der Waals surface area contributed by atoms with Crippen molar-refractivity contribution in [2.75, 3.05) is 18.9 Å². The van der Waals surface area contributed by atoms with Crippen LogP contribution in [0.25, 0.3) is 0 Å². The molecule has 6 heteroatoms. The van der Waals surface area contributed by atoms with Crippen LogP contribution in [0.1, 0.15) is 22.8 Å². The second-order valence-corrected chi connectivity index (χ2v) is 4.28. The van der Waals surface area contributed by atoms with E-state index in [2.05, 4.69) is 5.32 Å². The van der Waals surface area contributed by atoms with E-state index in [-0.39, 0.29) is 23.7 Å². The first kappa shape index (κ1) is 14.7. The highest BCUT2D eigenvalue weighted by Gasteiger charge is 2.14. The molecule has 0 saturated heterocycles. The molecule has 0 radical (unpaired) electrons. The van der Waals surface area contributed by atoms with Crippen LogP contribution in [0, 0.1) is 6.92 Å². The van der Waals surface area contributed by atoms with Gasteiger partial charge in [0, 0.05) is 14.0 Å². The Hall–Kier alpha value is -2.37. The highest BCUT2D eigenvalue weighted by molar-refractivity contribution is 6.01. The number of carboxylic acid groups (broad SMARTS) is 1. The number of nitrogens with one attached hydrogen (secondary N) is 1. The minimum Gasteiger partial charge on any atom is -0.478 e. The summed E-state index contributed by atoms with van der Waals surface area (Å²) in [6, 6.07) is 4.72. The van der Waals surface area contributed by atoms with Gasteiger partial charge >= 0.3 is 5.97 Å². The molecule has 0 saturated carbocycles. The number of carbonyl (C=O) groups is 3. The van der Waals surface area contributed by atoms with E-state index in [4.69, 9.17) is 5.11 Å². The van der Waals surface area contributed by atoms with E-state index in [1.807, 2.05) is 0 Å². The Kier molecular flexibility index (Phi) is 4.63. The first-order valence-corrected chi connectivity index (χ1v) is 5.66. The average Bonchev–Trinajstić information content (AvgIpc) is 2.30. The zero-order valence-corrected chi connectivity index (χ0v) is 11.1. The number of carbonyl (C=O) groups excluding carboxylic acids is 2. The number of anilines is 1. The summed E-state index contributed by atoms with van der Waals surface area (Å²) in [6.07, 6.45) is 0. The number of amides is 2. The third-order valence-corrected chi connectivity index (χ3v) is 2.60. The standard InChI is InChI=1S/C13H16N2O4/c1-8-4-5-11(10(6-8)13(18)19)14-12(17)7-15(3)9(2)16/h4-6H,7H2,1-3H3,(H,14,17)(H,18,19). The smallest absolute Gasteiger partial charge is 0.337 e. The molecular weight excluding hydrogens is 248 g/mol. The molecular formula is C13H16N2O4. The number of benzene rings is 1. The van der Waals surface area contributed by atoms with Gasteiger partial charge in [-0.05, 0) is 19.1 Å². The van der Waals surface area contributed by atoms with Crippen LogP contribution in [0.2, 0.25) is 0 Å². The van der Waals surface area contributed by atoms with E-state index in [0.29, 0.717) is 0 Å². The van der Waals surface area contributed by atoms with E-state index in [1.165, 1.54) is 31.0 Å². The molecule has 0 fully saturated rings. The van der Waals surface area contributed by atoms with Crippen molar-refractivity contribution in [3.63, 3.8) is 0 Å². The molecule has 0 spiro atoms. The molecule has 0 aliphatic rings. The van der Waals surface area contributed by atoms with Gasteiger partial charge < -0.3 is 15.3 Å². The minimum absolute atomic E-state index is 0.0267. The summed E-state index contributed by atoms with van der Waals surface area (Å²) in [6.45, 7) is 2.99. The van der Waals surface area contributed by atoms with Crippen LogP contribution in [-0.4, -0.2) is 41.4 Å². The highest BCUT2D eigenvalue weighted by atomic mass is 16.4. The minimum atomic E-state index is -1.11. The molecule has 0 atom stereocenters. The maximum absolute atomic E-state index is 11.7. The molecule has 2 N–H and O–H groups in total. The molecule has 1 aromatic carbocycles. The highest BCUT2D eigenvalue weighted by Crippen LogP contribution is 2.17. The van der Waals surface area contributed by atoms with Gasteiger partial charge in [0.1, 0.15) is 0 Å². The lowest BCUT2D eigenvalue weighted by molar-refractivity contribution is -0.131. The fourth-order valence-corrected chi connectivity index (χ4v) is 1.46. The molecule has 0 aromatic heterocycles. The lowest BCUT2D eigenvalue weighted by Gasteiger charge is -2.15. The number of likely N-dealkylation sites (N-methyl/N-ethyl adjacent to an activating group) is 1. The Balaban J connectivity index is 2.85. The molecule has 6 nitrogen and oxygen atoms in total. The van der Waals surface area contributed by atoms with Gasteiger partial charge in [0.2, 0.25) is 11.8 Å². The van der Waals surface area contributed by atoms with Crippen LogP contribution in [-0.2, 0) is 9.59 Å². The maximum Gasteiger partial charge on any atom is 0.337 e. The van der Waals surface area contributed by atoms with Crippen LogP contribution in [0.4, 0.5) is 5.69 Å². The molecule has 19 heavy (non-hydrogen) atoms. The second-order valence-electron chi connectivity index (χ2n) is 4.28. The largest absolute Gasteiger partial charge is 0.478 e. The van der Waals surface area contributed by atoms with Crippen molar-refractivity contribution in [3.8, 4) is 0 Å². The molecule has 1 rings (SSSR count). The lowest BCUT2D eigenvalue weighted by atomic mass is 10.1. The third kappa shape index (κ3) is 4.09. The van der Waals surface area contributed by atoms with Crippen molar-refractivity contribution in [3.05, 3.63) is 29.3 Å². The van der Waals surface area contributed by atoms with E-state index in [1.54, 1.807) is 13.0 Å². The monoisotopic (exact) mass is 264 g/mol. The van der Waals surface area contributed by atoms with Crippen molar-refractivity contribution in [1.82, 2.24) is 4.90 Å². The van der Waals surface area contributed by atoms with Gasteiger partial charge in [-0.1, -0.05) is 11.6 Å². The fourth-order valence-electron chi connectivity index (χ4n) is 1.46. The van der Waals surface area contributed by atoms with Gasteiger partial charge in [-0.15, -0.1) is 0 Å². The van der Waals surface area contributed by atoms with Crippen molar-refractivity contribution < 1.29 is 19.5 Å². The van der Waals surface area contributed by atoms with Gasteiger partial charge in [0.15, 0.2) is 0 Å². The topological polar surface area (TPSA) is 86.7 Å². The fraction of sp³-hybridized carbons (Fsp3) is 0.308. The van der Waals surface area contributed by atoms with E-state index in [9.17, 15) is 14.4 Å². The normalized spacial score (nSPS) is 9.84. The lowest BCUT2D eigenvalue weighted by Crippen LogP contribution is -2.33. The van der Waals surface area contributed by atoms with Gasteiger partial charge in [0.05, 0.1) is 17.8 Å². The molecule has 0 aliphatic heterocycles. The quantitative estimate of drug-likeness (QED) is 0.852. The number of hydrogen-bond donors (Lipinski definition) is 2. The molecule has 2 amide bonds. The van der Waals surface area contributed by atoms with Crippen LogP contribution >= 0.6 is 0 Å². The molecule has 0 aliphatic carbocycles. The van der Waals surface area contributed by atoms with Crippen LogP contribution in [0.5, 0.6) is 0 Å². The summed E-state index contributed by atoms with van der Waals surface area (Å²) in [4.78, 5) is 35.0. The molecule has 1 aromatic rings. The summed E-state index contributed by atoms with van der Waals surface area (Å²) in [5.74, 6) is -1.79. The summed E-state index contributed by atoms with van der Waals surface area (Å²) in [7, 11) is 1.50. The van der Waals surface area contributed by atoms with Crippen molar-refractivity contribution in [2.24, 2.45) is 0 Å². The van der Waals surface area contributed by atoms with E-state index in [0.717, 1.165) is 5.56 Å². The Bertz CT molecular complexity index is 525. The SMILES string of the molecule is CC(=O)N(C)CC(=O)Nc1ccc(C)cc1C(=O)O. The molecule has 0 bridgehead atoms. The van der Waals surface area contributed by atoms with Crippen LogP contribution in [0.15, 0.2) is 18.2 Å². The number of hydrogen-bond acceptors (Lipinski definition) is 3. The van der Waals surface area contributed by atoms with Gasteiger partial charge in [-0.25, -0.2) is 4.79 Å². The number of rotatable bonds is 4. The third-order valence-electron chi connectivity index (χ3n) is 2.60. The van der Waals surface area contributed by atoms with Gasteiger partial charge in [-0.3, -0.25) is 9.59 Å². The van der Waals surface area contributed by atoms with Crippen molar-refractivity contribution >= 4 is 23.5 Å². The zero-order chi connectivity index (χ0) is 14.6. The van der Waals surface area contributed by atoms with Crippen LogP contribution in [0.3, 0.4) is 0 Å². The zero-order valence-electron chi connectivity index (χ0n) is 11.1. The second kappa shape index (κ2) is 5.99. The first-order valence-electron chi connectivity index (χ1n) is 5.66. The summed E-state index contributed by atoms with van der Waals surface area (Å²) in [5.41, 5.74) is 1.04. The summed E-state index contributed by atoms with van der Waals surface area (Å²) in [5, 5.41) is 11.5. The van der Waals surface area contributed by atoms with Crippen molar-refractivity contribution in [2.45, 2.75) is 13.8 Å². The van der Waals surface area contributed by atoms with Gasteiger partial charge in [-0.2, -0.15) is 0 Å². The molecule has 0 heterocycles. The average molecular weight is 264 g/mol. The number of aryl methyl sites for hydroxylation is 1. The number of aromatic carboxylic acids is 1. The maximum atomic E-state index is 11.7. The molecule has 102 valence electrons. The Morgan fingerprint density at radius 2 is 1.95 bits per heavy atom. The Morgan fingerprint density at radius 1 is 1.32 bits per heavy atom. The molecule has 0 unspecified atom stereocenters. The Morgan fingerprint density at radius 3 is 2.47 bits per heavy atom. The number of carboxylic acids is 1. The predicted molar refractivity (Wildman–Crippen MR) is 70.1 cm³/mol.